The van der Waals surface area contributed by atoms with Crippen LogP contribution in [0, 0.1) is 10.4 Å². The maximum atomic E-state index is 12.7. The van der Waals surface area contributed by atoms with E-state index in [1.165, 1.54) is 26.0 Å². The van der Waals surface area contributed by atoms with Crippen LogP contribution in [0.4, 0.5) is 0 Å². The summed E-state index contributed by atoms with van der Waals surface area (Å²) < 4.78 is 4.92. The van der Waals surface area contributed by atoms with E-state index in [4.69, 9.17) is 4.74 Å². The molecule has 0 bridgehead atoms. The standard InChI is InChI=1S/C18H12O6/c1-8(24-9(2)19)12-7-13(20)14-15(18(12)23)17(22)11-6-4-3-5-10(11)16(14)21/h3-8H,1-2H3. The first-order chi connectivity index (χ1) is 11.3. The van der Waals surface area contributed by atoms with E-state index >= 15 is 0 Å². The van der Waals surface area contributed by atoms with Gasteiger partial charge in [-0.05, 0) is 13.0 Å². The molecule has 1 unspecified atom stereocenters. The minimum atomic E-state index is -0.993. The molecule has 0 saturated carbocycles. The van der Waals surface area contributed by atoms with Crippen LogP contribution < -0.4 is 21.7 Å². The Balaban J connectivity index is 2.59. The van der Waals surface area contributed by atoms with E-state index in [0.29, 0.717) is 0 Å². The Morgan fingerprint density at radius 2 is 1.46 bits per heavy atom. The normalized spacial score (nSPS) is 12.4. The summed E-state index contributed by atoms with van der Waals surface area (Å²) in [6.07, 6.45) is -0.993. The Morgan fingerprint density at radius 1 is 0.917 bits per heavy atom. The zero-order chi connectivity index (χ0) is 17.6. The van der Waals surface area contributed by atoms with E-state index in [1.807, 2.05) is 0 Å². The van der Waals surface area contributed by atoms with Crippen LogP contribution in [0.2, 0.25) is 0 Å². The van der Waals surface area contributed by atoms with Crippen molar-refractivity contribution in [2.45, 2.75) is 20.0 Å². The highest BCUT2D eigenvalue weighted by molar-refractivity contribution is 5.82. The fourth-order valence-corrected chi connectivity index (χ4v) is 2.86. The van der Waals surface area contributed by atoms with Crippen molar-refractivity contribution < 1.29 is 9.53 Å². The van der Waals surface area contributed by atoms with Crippen LogP contribution in [0.15, 0.2) is 49.5 Å². The van der Waals surface area contributed by atoms with Crippen molar-refractivity contribution in [2.75, 3.05) is 0 Å². The Labute approximate surface area is 134 Å². The molecule has 0 aliphatic heterocycles. The molecule has 0 amide bonds. The van der Waals surface area contributed by atoms with Crippen molar-refractivity contribution in [3.05, 3.63) is 87.2 Å². The highest BCUT2D eigenvalue weighted by atomic mass is 16.5. The molecule has 0 N–H and O–H groups in total. The second kappa shape index (κ2) is 5.49. The first-order valence-corrected chi connectivity index (χ1v) is 7.23. The molecule has 1 aromatic carbocycles. The number of ether oxygens (including phenoxy) is 1. The molecule has 0 radical (unpaired) electrons. The summed E-state index contributed by atoms with van der Waals surface area (Å²) in [6.45, 7) is 2.59. The van der Waals surface area contributed by atoms with E-state index in [0.717, 1.165) is 6.07 Å². The van der Waals surface area contributed by atoms with E-state index < -0.39 is 44.2 Å². The van der Waals surface area contributed by atoms with Crippen LogP contribution in [-0.2, 0) is 9.53 Å². The minimum Gasteiger partial charge on any atom is -0.458 e. The van der Waals surface area contributed by atoms with Crippen molar-refractivity contribution in [1.82, 2.24) is 0 Å². The van der Waals surface area contributed by atoms with Gasteiger partial charge in [-0.25, -0.2) is 0 Å². The Morgan fingerprint density at radius 3 is 2.00 bits per heavy atom. The summed E-state index contributed by atoms with van der Waals surface area (Å²) in [7, 11) is 0. The molecular formula is C18H12O6. The number of rotatable bonds is 2. The topological polar surface area (TPSA) is 94.6 Å². The maximum absolute atomic E-state index is 12.7. The first kappa shape index (κ1) is 15.7. The van der Waals surface area contributed by atoms with Crippen LogP contribution in [0.3, 0.4) is 0 Å². The molecule has 1 atom stereocenters. The van der Waals surface area contributed by atoms with Gasteiger partial charge in [0, 0.05) is 23.3 Å². The lowest BCUT2D eigenvalue weighted by Crippen LogP contribution is -2.31. The molecule has 24 heavy (non-hydrogen) atoms. The van der Waals surface area contributed by atoms with E-state index in [9.17, 15) is 24.0 Å². The van der Waals surface area contributed by atoms with Gasteiger partial charge in [0.25, 0.3) is 0 Å². The van der Waals surface area contributed by atoms with Gasteiger partial charge in [-0.1, -0.05) is 24.3 Å². The molecule has 6 nitrogen and oxygen atoms in total. The highest BCUT2D eigenvalue weighted by Crippen LogP contribution is 2.12. The van der Waals surface area contributed by atoms with E-state index in [1.54, 1.807) is 12.1 Å². The number of carbonyl (C=O) groups is 1. The van der Waals surface area contributed by atoms with Gasteiger partial charge in [0.2, 0.25) is 0 Å². The fraction of sp³-hybridized carbons (Fsp3) is 0.167. The van der Waals surface area contributed by atoms with Gasteiger partial charge >= 0.3 is 5.97 Å². The summed E-state index contributed by atoms with van der Waals surface area (Å²) in [6, 6.07) is 6.99. The number of esters is 1. The molecule has 0 spiro atoms. The minimum absolute atomic E-state index is 0.0868. The maximum Gasteiger partial charge on any atom is 0.303 e. The third-order valence-corrected chi connectivity index (χ3v) is 3.92. The van der Waals surface area contributed by atoms with Gasteiger partial charge < -0.3 is 4.74 Å². The summed E-state index contributed by atoms with van der Waals surface area (Å²) in [4.78, 5) is 61.2. The third-order valence-electron chi connectivity index (χ3n) is 3.92. The molecule has 120 valence electrons. The van der Waals surface area contributed by atoms with Gasteiger partial charge in [-0.3, -0.25) is 24.0 Å². The molecule has 2 aliphatic rings. The van der Waals surface area contributed by atoms with Crippen molar-refractivity contribution in [3.63, 3.8) is 0 Å². The van der Waals surface area contributed by atoms with Crippen molar-refractivity contribution in [2.24, 2.45) is 0 Å². The lowest BCUT2D eigenvalue weighted by molar-refractivity contribution is -0.145. The molecule has 3 rings (SSSR count). The Hall–Kier alpha value is -3.15. The largest absolute Gasteiger partial charge is 0.458 e. The zero-order valence-corrected chi connectivity index (χ0v) is 12.9. The van der Waals surface area contributed by atoms with Gasteiger partial charge in [0.15, 0.2) is 21.7 Å². The predicted molar refractivity (Wildman–Crippen MR) is 86.9 cm³/mol. The summed E-state index contributed by atoms with van der Waals surface area (Å²) in [5.41, 5.74) is -2.92. The molecule has 0 saturated heterocycles. The van der Waals surface area contributed by atoms with Crippen molar-refractivity contribution in [1.29, 1.82) is 0 Å². The summed E-state index contributed by atoms with van der Waals surface area (Å²) >= 11 is 0. The molecule has 2 aliphatic carbocycles. The van der Waals surface area contributed by atoms with Crippen LogP contribution in [0.25, 0.3) is 10.8 Å². The van der Waals surface area contributed by atoms with E-state index in [-0.39, 0.29) is 16.3 Å². The first-order valence-electron chi connectivity index (χ1n) is 7.23. The van der Waals surface area contributed by atoms with Crippen molar-refractivity contribution >= 4 is 16.7 Å². The smallest absolute Gasteiger partial charge is 0.303 e. The summed E-state index contributed by atoms with van der Waals surface area (Å²) in [5, 5.41) is -0.668. The summed E-state index contributed by atoms with van der Waals surface area (Å²) in [5.74, 6) is -0.625. The zero-order valence-electron chi connectivity index (χ0n) is 12.9. The van der Waals surface area contributed by atoms with Crippen LogP contribution in [0.1, 0.15) is 25.5 Å². The third kappa shape index (κ3) is 2.23. The SMILES string of the molecule is CC(=O)OC(C)c1cc(=O)c2c(=O)c3ccccc3c(=O)c=2c1=O. The number of fused-ring (bicyclic) bond motifs is 1. The monoisotopic (exact) mass is 324 g/mol. The molecule has 0 aromatic heterocycles. The van der Waals surface area contributed by atoms with Gasteiger partial charge in [0.05, 0.1) is 10.4 Å². The Kier molecular flexibility index (Phi) is 3.60. The van der Waals surface area contributed by atoms with Crippen LogP contribution in [-0.4, -0.2) is 5.97 Å². The van der Waals surface area contributed by atoms with Gasteiger partial charge in [-0.2, -0.15) is 0 Å². The highest BCUT2D eigenvalue weighted by Gasteiger charge is 2.19. The second-order valence-electron chi connectivity index (χ2n) is 5.50. The average molecular weight is 324 g/mol. The number of hydrogen-bond donors (Lipinski definition) is 0. The molecular weight excluding hydrogens is 312 g/mol. The number of carbonyl (C=O) groups excluding carboxylic acids is 1. The predicted octanol–water partition coefficient (Wildman–Crippen LogP) is 0.505. The van der Waals surface area contributed by atoms with Gasteiger partial charge in [0.1, 0.15) is 6.10 Å². The van der Waals surface area contributed by atoms with Gasteiger partial charge in [-0.15, -0.1) is 0 Å². The lowest BCUT2D eigenvalue weighted by Gasteiger charge is -2.10. The fourth-order valence-electron chi connectivity index (χ4n) is 2.86. The number of benzene rings is 1. The van der Waals surface area contributed by atoms with E-state index in [2.05, 4.69) is 0 Å². The molecule has 1 aromatic rings. The quantitative estimate of drug-likeness (QED) is 0.637. The average Bonchev–Trinajstić information content (AvgIpc) is 2.53. The second-order valence-corrected chi connectivity index (χ2v) is 5.50. The van der Waals surface area contributed by atoms with Crippen LogP contribution >= 0.6 is 0 Å². The molecule has 0 heterocycles. The molecule has 6 heteroatoms. The van der Waals surface area contributed by atoms with Crippen molar-refractivity contribution in [3.8, 4) is 0 Å². The number of hydrogen-bond acceptors (Lipinski definition) is 6. The molecule has 0 fully saturated rings. The van der Waals surface area contributed by atoms with Crippen LogP contribution in [0.5, 0.6) is 0 Å². The lowest BCUT2D eigenvalue weighted by atomic mass is 10.0. The Bertz CT molecular complexity index is 1250.